The summed E-state index contributed by atoms with van der Waals surface area (Å²) in [5.74, 6) is 4.40. The predicted molar refractivity (Wildman–Crippen MR) is 43.8 cm³/mol. The summed E-state index contributed by atoms with van der Waals surface area (Å²) in [6.45, 7) is 4.77. The van der Waals surface area contributed by atoms with Crippen LogP contribution in [0, 0.1) is 23.7 Å². The van der Waals surface area contributed by atoms with Gasteiger partial charge in [-0.15, -0.1) is 0 Å². The molecule has 58 valence electrons. The Morgan fingerprint density at radius 3 is 1.20 bits per heavy atom. The van der Waals surface area contributed by atoms with E-state index in [1.165, 1.54) is 25.7 Å². The van der Waals surface area contributed by atoms with Crippen molar-refractivity contribution >= 4 is 0 Å². The molecular weight excluding hydrogens is 120 g/mol. The van der Waals surface area contributed by atoms with Crippen molar-refractivity contribution in [3.05, 3.63) is 0 Å². The molecule has 2 aliphatic rings. The first-order valence-electron chi connectivity index (χ1n) is 4.75. The van der Waals surface area contributed by atoms with Gasteiger partial charge in [-0.05, 0) is 49.4 Å². The summed E-state index contributed by atoms with van der Waals surface area (Å²) >= 11 is 0. The van der Waals surface area contributed by atoms with Crippen LogP contribution in [0.4, 0.5) is 0 Å². The molecule has 0 N–H and O–H groups in total. The zero-order valence-corrected chi connectivity index (χ0v) is 7.14. The lowest BCUT2D eigenvalue weighted by Crippen LogP contribution is -2.35. The second-order valence-corrected chi connectivity index (χ2v) is 4.67. The van der Waals surface area contributed by atoms with Crippen LogP contribution in [0.1, 0.15) is 39.5 Å². The Hall–Kier alpha value is 0. The van der Waals surface area contributed by atoms with Gasteiger partial charge in [0.1, 0.15) is 0 Å². The van der Waals surface area contributed by atoms with E-state index < -0.39 is 0 Å². The lowest BCUT2D eigenvalue weighted by Gasteiger charge is -2.46. The molecule has 0 nitrogen and oxygen atoms in total. The fourth-order valence-corrected chi connectivity index (χ4v) is 2.70. The maximum Gasteiger partial charge on any atom is -0.0381 e. The van der Waals surface area contributed by atoms with Crippen molar-refractivity contribution in [2.45, 2.75) is 39.5 Å². The Morgan fingerprint density at radius 1 is 0.700 bits per heavy atom. The molecular formula is C10H18. The second-order valence-electron chi connectivity index (χ2n) is 4.67. The summed E-state index contributed by atoms with van der Waals surface area (Å²) in [5, 5.41) is 0. The van der Waals surface area contributed by atoms with E-state index in [4.69, 9.17) is 0 Å². The first kappa shape index (κ1) is 6.69. The standard InChI is InChI=1S/C10H18/c1-7-3-9(4-7)10-5-8(2)6-10/h7-10H,3-6H2,1-2H3. The highest BCUT2D eigenvalue weighted by Crippen LogP contribution is 2.48. The Morgan fingerprint density at radius 2 is 1.00 bits per heavy atom. The topological polar surface area (TPSA) is 0 Å². The fourth-order valence-electron chi connectivity index (χ4n) is 2.70. The van der Waals surface area contributed by atoms with E-state index in [2.05, 4.69) is 13.8 Å². The van der Waals surface area contributed by atoms with Crippen LogP contribution >= 0.6 is 0 Å². The van der Waals surface area contributed by atoms with Crippen LogP contribution in [0.2, 0.25) is 0 Å². The van der Waals surface area contributed by atoms with Crippen molar-refractivity contribution < 1.29 is 0 Å². The van der Waals surface area contributed by atoms with Crippen molar-refractivity contribution in [2.75, 3.05) is 0 Å². The normalized spacial score (nSPS) is 53.4. The quantitative estimate of drug-likeness (QED) is 0.522. The third kappa shape index (κ3) is 0.980. The molecule has 2 saturated carbocycles. The molecule has 0 spiro atoms. The van der Waals surface area contributed by atoms with Gasteiger partial charge in [0.05, 0.1) is 0 Å². The van der Waals surface area contributed by atoms with Crippen LogP contribution < -0.4 is 0 Å². The van der Waals surface area contributed by atoms with Crippen molar-refractivity contribution in [1.29, 1.82) is 0 Å². The third-order valence-corrected chi connectivity index (χ3v) is 3.49. The van der Waals surface area contributed by atoms with Crippen LogP contribution in [-0.4, -0.2) is 0 Å². The Kier molecular flexibility index (Phi) is 1.51. The largest absolute Gasteiger partial charge is 0.0625 e. The van der Waals surface area contributed by atoms with Gasteiger partial charge in [0.2, 0.25) is 0 Å². The van der Waals surface area contributed by atoms with Gasteiger partial charge in [0.25, 0.3) is 0 Å². The minimum atomic E-state index is 1.06. The summed E-state index contributed by atoms with van der Waals surface area (Å²) in [5.41, 5.74) is 0. The summed E-state index contributed by atoms with van der Waals surface area (Å²) in [6, 6.07) is 0. The number of rotatable bonds is 1. The summed E-state index contributed by atoms with van der Waals surface area (Å²) in [6.07, 6.45) is 6.16. The van der Waals surface area contributed by atoms with Crippen LogP contribution in [0.25, 0.3) is 0 Å². The molecule has 0 aromatic rings. The zero-order chi connectivity index (χ0) is 7.14. The highest BCUT2D eigenvalue weighted by atomic mass is 14.4. The minimum absolute atomic E-state index is 1.06. The molecule has 0 amide bonds. The van der Waals surface area contributed by atoms with Gasteiger partial charge >= 0.3 is 0 Å². The molecule has 0 heterocycles. The highest BCUT2D eigenvalue weighted by Gasteiger charge is 2.38. The van der Waals surface area contributed by atoms with Gasteiger partial charge in [0, 0.05) is 0 Å². The maximum absolute atomic E-state index is 2.39. The predicted octanol–water partition coefficient (Wildman–Crippen LogP) is 3.08. The molecule has 0 saturated heterocycles. The number of hydrogen-bond donors (Lipinski definition) is 0. The average Bonchev–Trinajstić information content (AvgIpc) is 1.74. The van der Waals surface area contributed by atoms with E-state index in [1.807, 2.05) is 0 Å². The van der Waals surface area contributed by atoms with Gasteiger partial charge in [-0.1, -0.05) is 13.8 Å². The molecule has 0 aliphatic heterocycles. The van der Waals surface area contributed by atoms with E-state index in [1.54, 1.807) is 0 Å². The Labute approximate surface area is 64.0 Å². The van der Waals surface area contributed by atoms with E-state index >= 15 is 0 Å². The highest BCUT2D eigenvalue weighted by molar-refractivity contribution is 4.88. The monoisotopic (exact) mass is 138 g/mol. The lowest BCUT2D eigenvalue weighted by atomic mass is 9.60. The van der Waals surface area contributed by atoms with E-state index in [-0.39, 0.29) is 0 Å². The van der Waals surface area contributed by atoms with E-state index in [9.17, 15) is 0 Å². The van der Waals surface area contributed by atoms with Crippen LogP contribution in [0.3, 0.4) is 0 Å². The van der Waals surface area contributed by atoms with Gasteiger partial charge in [0.15, 0.2) is 0 Å². The molecule has 0 unspecified atom stereocenters. The smallest absolute Gasteiger partial charge is 0.0381 e. The van der Waals surface area contributed by atoms with E-state index in [0.717, 1.165) is 23.7 Å². The van der Waals surface area contributed by atoms with Crippen molar-refractivity contribution in [1.82, 2.24) is 0 Å². The lowest BCUT2D eigenvalue weighted by molar-refractivity contribution is 0.0493. The Bertz CT molecular complexity index is 100. The molecule has 0 radical (unpaired) electrons. The summed E-state index contributed by atoms with van der Waals surface area (Å²) < 4.78 is 0. The van der Waals surface area contributed by atoms with Gasteiger partial charge < -0.3 is 0 Å². The van der Waals surface area contributed by atoms with Crippen molar-refractivity contribution in [3.8, 4) is 0 Å². The van der Waals surface area contributed by atoms with Gasteiger partial charge in [-0.2, -0.15) is 0 Å². The first-order chi connectivity index (χ1) is 4.75. The molecule has 2 aliphatic carbocycles. The number of hydrogen-bond acceptors (Lipinski definition) is 0. The van der Waals surface area contributed by atoms with Crippen LogP contribution in [0.5, 0.6) is 0 Å². The molecule has 2 fully saturated rings. The molecule has 0 aromatic carbocycles. The minimum Gasteiger partial charge on any atom is -0.0625 e. The van der Waals surface area contributed by atoms with Crippen molar-refractivity contribution in [3.63, 3.8) is 0 Å². The van der Waals surface area contributed by atoms with Gasteiger partial charge in [-0.25, -0.2) is 0 Å². The zero-order valence-electron chi connectivity index (χ0n) is 7.14. The molecule has 10 heavy (non-hydrogen) atoms. The first-order valence-corrected chi connectivity index (χ1v) is 4.75. The molecule has 0 bridgehead atoms. The fraction of sp³-hybridized carbons (Fsp3) is 1.00. The SMILES string of the molecule is CC1CC(C2CC(C)C2)C1. The molecule has 0 atom stereocenters. The summed E-state index contributed by atoms with van der Waals surface area (Å²) in [4.78, 5) is 0. The summed E-state index contributed by atoms with van der Waals surface area (Å²) in [7, 11) is 0. The third-order valence-electron chi connectivity index (χ3n) is 3.49. The maximum atomic E-state index is 2.39. The van der Waals surface area contributed by atoms with E-state index in [0.29, 0.717) is 0 Å². The van der Waals surface area contributed by atoms with Gasteiger partial charge in [-0.3, -0.25) is 0 Å². The molecule has 0 heteroatoms. The molecule has 0 aromatic heterocycles. The Balaban J connectivity index is 1.72. The average molecular weight is 138 g/mol. The van der Waals surface area contributed by atoms with Crippen LogP contribution in [0.15, 0.2) is 0 Å². The molecule has 2 rings (SSSR count). The van der Waals surface area contributed by atoms with Crippen molar-refractivity contribution in [2.24, 2.45) is 23.7 Å². The second kappa shape index (κ2) is 2.25. The van der Waals surface area contributed by atoms with Crippen LogP contribution in [-0.2, 0) is 0 Å².